The normalized spacial score (nSPS) is 28.4. The number of alkyl halides is 3. The van der Waals surface area contributed by atoms with Crippen LogP contribution in [0.2, 0.25) is 5.02 Å². The first kappa shape index (κ1) is 19.8. The molecule has 3 atom stereocenters. The van der Waals surface area contributed by atoms with Crippen molar-refractivity contribution < 1.29 is 18.0 Å². The number of fused-ring (bicyclic) bond motifs is 1. The van der Waals surface area contributed by atoms with E-state index >= 15 is 0 Å². The maximum Gasteiger partial charge on any atom is 0.417 e. The lowest BCUT2D eigenvalue weighted by Crippen LogP contribution is -2.42. The second kappa shape index (κ2) is 7.73. The zero-order valence-electron chi connectivity index (χ0n) is 15.6. The quantitative estimate of drug-likeness (QED) is 0.780. The average molecular weight is 416 g/mol. The Kier molecular flexibility index (Phi) is 5.47. The summed E-state index contributed by atoms with van der Waals surface area (Å²) in [5.41, 5.74) is -0.826. The van der Waals surface area contributed by atoms with Gasteiger partial charge < -0.3 is 10.2 Å². The van der Waals surface area contributed by atoms with Crippen molar-refractivity contribution in [2.75, 3.05) is 18.0 Å². The van der Waals surface area contributed by atoms with E-state index in [0.717, 1.165) is 70.3 Å². The van der Waals surface area contributed by atoms with Crippen LogP contribution < -0.4 is 10.2 Å². The Morgan fingerprint density at radius 1 is 1.14 bits per heavy atom. The van der Waals surface area contributed by atoms with E-state index in [1.54, 1.807) is 0 Å². The standard InChI is InChI=1S/C20H25ClF3N3O/c21-17-8-15(20(22,23)24)9-25-18(17)27-10-13-5-6-16(7-14(13)11-27)26-19(28)12-3-1-2-4-12/h8-9,12-14,16H,1-7,10-11H2,(H,26,28). The van der Waals surface area contributed by atoms with Crippen LogP contribution in [-0.2, 0) is 11.0 Å². The van der Waals surface area contributed by atoms with Crippen molar-refractivity contribution in [3.05, 3.63) is 22.8 Å². The first-order chi connectivity index (χ1) is 13.3. The Morgan fingerprint density at radius 2 is 1.86 bits per heavy atom. The fraction of sp³-hybridized carbons (Fsp3) is 0.700. The summed E-state index contributed by atoms with van der Waals surface area (Å²) >= 11 is 6.12. The third-order valence-corrected chi connectivity index (χ3v) is 6.85. The van der Waals surface area contributed by atoms with Crippen LogP contribution in [0.5, 0.6) is 0 Å². The largest absolute Gasteiger partial charge is 0.417 e. The minimum atomic E-state index is -4.45. The number of hydrogen-bond acceptors (Lipinski definition) is 3. The second-order valence-corrected chi connectivity index (χ2v) is 8.86. The monoisotopic (exact) mass is 415 g/mol. The molecule has 1 saturated heterocycles. The number of carbonyl (C=O) groups excluding carboxylic acids is 1. The number of hydrogen-bond donors (Lipinski definition) is 1. The first-order valence-corrected chi connectivity index (χ1v) is 10.5. The molecule has 3 fully saturated rings. The van der Waals surface area contributed by atoms with Crippen LogP contribution in [0, 0.1) is 17.8 Å². The summed E-state index contributed by atoms with van der Waals surface area (Å²) in [5.74, 6) is 1.68. The predicted octanol–water partition coefficient (Wildman–Crippen LogP) is 4.67. The van der Waals surface area contributed by atoms with Crippen molar-refractivity contribution in [1.82, 2.24) is 10.3 Å². The van der Waals surface area contributed by atoms with Gasteiger partial charge in [-0.15, -0.1) is 0 Å². The summed E-state index contributed by atoms with van der Waals surface area (Å²) in [7, 11) is 0. The number of rotatable bonds is 3. The number of anilines is 1. The molecule has 4 nitrogen and oxygen atoms in total. The minimum Gasteiger partial charge on any atom is -0.355 e. The van der Waals surface area contributed by atoms with E-state index in [9.17, 15) is 18.0 Å². The maximum atomic E-state index is 12.8. The molecular weight excluding hydrogens is 391 g/mol. The Hall–Kier alpha value is -1.50. The number of nitrogens with one attached hydrogen (secondary N) is 1. The van der Waals surface area contributed by atoms with Gasteiger partial charge in [-0.25, -0.2) is 4.98 Å². The molecule has 0 bridgehead atoms. The molecule has 2 saturated carbocycles. The summed E-state index contributed by atoms with van der Waals surface area (Å²) in [6.45, 7) is 1.48. The molecule has 1 N–H and O–H groups in total. The molecule has 154 valence electrons. The zero-order chi connectivity index (χ0) is 19.9. The van der Waals surface area contributed by atoms with Crippen LogP contribution in [0.4, 0.5) is 19.0 Å². The fourth-order valence-electron chi connectivity index (χ4n) is 5.06. The van der Waals surface area contributed by atoms with Crippen LogP contribution in [0.1, 0.15) is 50.5 Å². The minimum absolute atomic E-state index is 0.0413. The number of carbonyl (C=O) groups is 1. The summed E-state index contributed by atoms with van der Waals surface area (Å²) in [4.78, 5) is 18.4. The van der Waals surface area contributed by atoms with Gasteiger partial charge in [0.2, 0.25) is 5.91 Å². The van der Waals surface area contributed by atoms with Crippen molar-refractivity contribution >= 4 is 23.3 Å². The van der Waals surface area contributed by atoms with Gasteiger partial charge in [0, 0.05) is 31.2 Å². The predicted molar refractivity (Wildman–Crippen MR) is 101 cm³/mol. The highest BCUT2D eigenvalue weighted by atomic mass is 35.5. The van der Waals surface area contributed by atoms with Crippen LogP contribution in [0.15, 0.2) is 12.3 Å². The third-order valence-electron chi connectivity index (χ3n) is 6.57. The Bertz CT molecular complexity index is 736. The average Bonchev–Trinajstić information content (AvgIpc) is 3.30. The van der Waals surface area contributed by atoms with Crippen molar-refractivity contribution in [2.24, 2.45) is 17.8 Å². The Labute approximate surface area is 167 Å². The SMILES string of the molecule is O=C(NC1CCC2CN(c3ncc(C(F)(F)F)cc3Cl)CC2C1)C1CCCC1. The van der Waals surface area contributed by atoms with E-state index in [2.05, 4.69) is 10.3 Å². The van der Waals surface area contributed by atoms with Gasteiger partial charge in [-0.1, -0.05) is 24.4 Å². The smallest absolute Gasteiger partial charge is 0.355 e. The van der Waals surface area contributed by atoms with E-state index in [-0.39, 0.29) is 22.9 Å². The molecule has 0 spiro atoms. The molecular formula is C20H25ClF3N3O. The lowest BCUT2D eigenvalue weighted by Gasteiger charge is -2.31. The summed E-state index contributed by atoms with van der Waals surface area (Å²) in [6, 6.07) is 1.15. The topological polar surface area (TPSA) is 45.2 Å². The van der Waals surface area contributed by atoms with Crippen LogP contribution >= 0.6 is 11.6 Å². The molecule has 2 heterocycles. The molecule has 28 heavy (non-hydrogen) atoms. The molecule has 3 aliphatic rings. The summed E-state index contributed by atoms with van der Waals surface area (Å²) in [5, 5.41) is 3.28. The lowest BCUT2D eigenvalue weighted by atomic mass is 9.79. The van der Waals surface area contributed by atoms with Gasteiger partial charge in [0.15, 0.2) is 0 Å². The van der Waals surface area contributed by atoms with Gasteiger partial charge in [-0.3, -0.25) is 4.79 Å². The molecule has 4 rings (SSSR count). The molecule has 0 aromatic carbocycles. The Morgan fingerprint density at radius 3 is 2.54 bits per heavy atom. The number of nitrogens with zero attached hydrogens (tertiary/aromatic N) is 2. The number of halogens is 4. The summed E-state index contributed by atoms with van der Waals surface area (Å²) in [6.07, 6.45) is 3.57. The van der Waals surface area contributed by atoms with Gasteiger partial charge in [0.25, 0.3) is 0 Å². The maximum absolute atomic E-state index is 12.8. The van der Waals surface area contributed by atoms with Crippen molar-refractivity contribution in [1.29, 1.82) is 0 Å². The van der Waals surface area contributed by atoms with E-state index in [0.29, 0.717) is 17.7 Å². The molecule has 3 unspecified atom stereocenters. The summed E-state index contributed by atoms with van der Waals surface area (Å²) < 4.78 is 38.5. The highest BCUT2D eigenvalue weighted by molar-refractivity contribution is 6.33. The first-order valence-electron chi connectivity index (χ1n) is 10.1. The highest BCUT2D eigenvalue weighted by Gasteiger charge is 2.40. The van der Waals surface area contributed by atoms with Crippen LogP contribution in [0.3, 0.4) is 0 Å². The van der Waals surface area contributed by atoms with E-state index < -0.39 is 11.7 Å². The van der Waals surface area contributed by atoms with Gasteiger partial charge in [0.1, 0.15) is 5.82 Å². The highest BCUT2D eigenvalue weighted by Crippen LogP contribution is 2.41. The second-order valence-electron chi connectivity index (χ2n) is 8.45. The van der Waals surface area contributed by atoms with Gasteiger partial charge >= 0.3 is 6.18 Å². The van der Waals surface area contributed by atoms with Crippen molar-refractivity contribution in [3.63, 3.8) is 0 Å². The third kappa shape index (κ3) is 4.09. The van der Waals surface area contributed by atoms with E-state index in [4.69, 9.17) is 11.6 Å². The van der Waals surface area contributed by atoms with Gasteiger partial charge in [0.05, 0.1) is 10.6 Å². The molecule has 0 radical (unpaired) electrons. The van der Waals surface area contributed by atoms with Crippen molar-refractivity contribution in [3.8, 4) is 0 Å². The van der Waals surface area contributed by atoms with Crippen molar-refractivity contribution in [2.45, 2.75) is 57.2 Å². The number of pyridine rings is 1. The molecule has 8 heteroatoms. The molecule has 1 aromatic heterocycles. The van der Waals surface area contributed by atoms with Gasteiger partial charge in [-0.05, 0) is 50.0 Å². The Balaban J connectivity index is 1.38. The zero-order valence-corrected chi connectivity index (χ0v) is 16.4. The molecule has 1 amide bonds. The van der Waals surface area contributed by atoms with Gasteiger partial charge in [-0.2, -0.15) is 13.2 Å². The fourth-order valence-corrected chi connectivity index (χ4v) is 5.35. The molecule has 2 aliphatic carbocycles. The molecule has 1 aromatic rings. The number of aromatic nitrogens is 1. The molecule has 1 aliphatic heterocycles. The number of amides is 1. The lowest BCUT2D eigenvalue weighted by molar-refractivity contribution is -0.137. The van der Waals surface area contributed by atoms with E-state index in [1.165, 1.54) is 0 Å². The van der Waals surface area contributed by atoms with Crippen LogP contribution in [0.25, 0.3) is 0 Å². The van der Waals surface area contributed by atoms with Crippen LogP contribution in [-0.4, -0.2) is 30.0 Å². The van der Waals surface area contributed by atoms with E-state index in [1.807, 2.05) is 4.90 Å².